The fourth-order valence-corrected chi connectivity index (χ4v) is 2.72. The number of unbranched alkanes of at least 4 members (excludes halogenated alkanes) is 1. The van der Waals surface area contributed by atoms with Crippen molar-refractivity contribution >= 4 is 22.1 Å². The van der Waals surface area contributed by atoms with E-state index in [0.717, 1.165) is 6.08 Å². The molecule has 0 aliphatic heterocycles. The molecule has 0 rings (SSSR count). The van der Waals surface area contributed by atoms with E-state index in [0.29, 0.717) is 12.8 Å². The SMILES string of the molecule is [CH2]C(C(CCCCC(=O)O)C(C)OC(=O)C=C)S(=O)(=O)O. The lowest BCUT2D eigenvalue weighted by Crippen LogP contribution is -2.36. The van der Waals surface area contributed by atoms with Crippen LogP contribution in [0, 0.1) is 12.8 Å². The van der Waals surface area contributed by atoms with Crippen molar-refractivity contribution in [1.82, 2.24) is 0 Å². The van der Waals surface area contributed by atoms with E-state index in [4.69, 9.17) is 14.4 Å². The number of hydrogen-bond donors (Lipinski definition) is 2. The van der Waals surface area contributed by atoms with Crippen LogP contribution in [0.4, 0.5) is 0 Å². The zero-order chi connectivity index (χ0) is 16.6. The molecule has 0 fully saturated rings. The van der Waals surface area contributed by atoms with Crippen molar-refractivity contribution in [3.8, 4) is 0 Å². The molecule has 0 aromatic heterocycles. The molecule has 0 aromatic rings. The molecule has 1 radical (unpaired) electrons. The third kappa shape index (κ3) is 7.81. The summed E-state index contributed by atoms with van der Waals surface area (Å²) in [6.45, 7) is 8.14. The van der Waals surface area contributed by atoms with E-state index in [9.17, 15) is 18.0 Å². The van der Waals surface area contributed by atoms with Gasteiger partial charge in [0.05, 0.1) is 5.25 Å². The van der Waals surface area contributed by atoms with Crippen LogP contribution in [-0.2, 0) is 24.4 Å². The Morgan fingerprint density at radius 2 is 1.90 bits per heavy atom. The van der Waals surface area contributed by atoms with Crippen LogP contribution in [0.3, 0.4) is 0 Å². The van der Waals surface area contributed by atoms with E-state index in [1.807, 2.05) is 0 Å². The molecule has 121 valence electrons. The minimum atomic E-state index is -4.39. The van der Waals surface area contributed by atoms with Gasteiger partial charge in [-0.15, -0.1) is 0 Å². The predicted molar refractivity (Wildman–Crippen MR) is 76.0 cm³/mol. The number of carbonyl (C=O) groups excluding carboxylic acids is 1. The highest BCUT2D eigenvalue weighted by Gasteiger charge is 2.33. The van der Waals surface area contributed by atoms with E-state index in [1.54, 1.807) is 0 Å². The van der Waals surface area contributed by atoms with Crippen LogP contribution in [0.25, 0.3) is 0 Å². The molecule has 0 aliphatic rings. The van der Waals surface area contributed by atoms with Crippen molar-refractivity contribution in [2.75, 3.05) is 0 Å². The molecule has 0 saturated carbocycles. The third-order valence-electron chi connectivity index (χ3n) is 3.11. The van der Waals surface area contributed by atoms with E-state index in [1.165, 1.54) is 6.92 Å². The standard InChI is InChI=1S/C13H21O7S/c1-4-13(16)20-9(2)11(10(3)21(17,18)19)7-5-6-8-12(14)15/h4,9-11H,1,3,5-8H2,2H3,(H,14,15)(H,17,18,19). The van der Waals surface area contributed by atoms with Gasteiger partial charge in [0.15, 0.2) is 0 Å². The molecule has 0 aromatic carbocycles. The fraction of sp³-hybridized carbons (Fsp3) is 0.615. The van der Waals surface area contributed by atoms with Gasteiger partial charge in [0.25, 0.3) is 10.1 Å². The highest BCUT2D eigenvalue weighted by molar-refractivity contribution is 7.86. The second-order valence-electron chi connectivity index (χ2n) is 4.70. The first kappa shape index (κ1) is 19.6. The van der Waals surface area contributed by atoms with E-state index in [-0.39, 0.29) is 12.8 Å². The number of hydrogen-bond acceptors (Lipinski definition) is 5. The number of carbonyl (C=O) groups is 2. The van der Waals surface area contributed by atoms with E-state index >= 15 is 0 Å². The molecule has 0 amide bonds. The maximum absolute atomic E-state index is 11.2. The zero-order valence-electron chi connectivity index (χ0n) is 11.9. The lowest BCUT2D eigenvalue weighted by Gasteiger charge is -2.27. The zero-order valence-corrected chi connectivity index (χ0v) is 12.7. The van der Waals surface area contributed by atoms with Gasteiger partial charge in [-0.1, -0.05) is 13.0 Å². The van der Waals surface area contributed by atoms with Gasteiger partial charge in [-0.25, -0.2) is 4.79 Å². The van der Waals surface area contributed by atoms with Crippen molar-refractivity contribution in [2.24, 2.45) is 5.92 Å². The second-order valence-corrected chi connectivity index (χ2v) is 6.34. The van der Waals surface area contributed by atoms with Gasteiger partial charge < -0.3 is 9.84 Å². The largest absolute Gasteiger partial charge is 0.481 e. The Hall–Kier alpha value is -1.41. The fourth-order valence-electron chi connectivity index (χ4n) is 1.92. The molecule has 3 unspecified atom stereocenters. The Balaban J connectivity index is 4.80. The Morgan fingerprint density at radius 3 is 2.33 bits per heavy atom. The molecular weight excluding hydrogens is 300 g/mol. The normalized spacial score (nSPS) is 15.8. The summed E-state index contributed by atoms with van der Waals surface area (Å²) in [6, 6.07) is 0. The lowest BCUT2D eigenvalue weighted by molar-refractivity contribution is -0.144. The van der Waals surface area contributed by atoms with Crippen LogP contribution in [-0.4, -0.2) is 41.4 Å². The quantitative estimate of drug-likeness (QED) is 0.270. The first-order valence-electron chi connectivity index (χ1n) is 6.43. The monoisotopic (exact) mass is 321 g/mol. The number of carboxylic acids is 1. The maximum Gasteiger partial charge on any atom is 0.330 e. The van der Waals surface area contributed by atoms with E-state index < -0.39 is 39.3 Å². The summed E-state index contributed by atoms with van der Waals surface area (Å²) in [5.41, 5.74) is 0. The number of esters is 1. The summed E-state index contributed by atoms with van der Waals surface area (Å²) in [7, 11) is -4.39. The van der Waals surface area contributed by atoms with Gasteiger partial charge in [-0.05, 0) is 26.7 Å². The van der Waals surface area contributed by atoms with Gasteiger partial charge in [0.2, 0.25) is 0 Å². The average Bonchev–Trinajstić information content (AvgIpc) is 2.36. The van der Waals surface area contributed by atoms with Gasteiger partial charge >= 0.3 is 11.9 Å². The minimum Gasteiger partial charge on any atom is -0.481 e. The van der Waals surface area contributed by atoms with Crippen LogP contribution >= 0.6 is 0 Å². The summed E-state index contributed by atoms with van der Waals surface area (Å²) in [5.74, 6) is -2.39. The van der Waals surface area contributed by atoms with Gasteiger partial charge in [-0.2, -0.15) is 8.42 Å². The minimum absolute atomic E-state index is 0.0404. The summed E-state index contributed by atoms with van der Waals surface area (Å²) in [5, 5.41) is 7.18. The Labute approximate surface area is 124 Å². The molecule has 0 aliphatic carbocycles. The van der Waals surface area contributed by atoms with Gasteiger partial charge in [-0.3, -0.25) is 9.35 Å². The second kappa shape index (κ2) is 8.78. The molecule has 0 heterocycles. The maximum atomic E-state index is 11.2. The number of aliphatic carboxylic acids is 1. The summed E-state index contributed by atoms with van der Waals surface area (Å²) in [4.78, 5) is 21.6. The molecule has 0 spiro atoms. The molecule has 8 heteroatoms. The number of ether oxygens (including phenoxy) is 1. The van der Waals surface area contributed by atoms with Crippen molar-refractivity contribution in [3.63, 3.8) is 0 Å². The summed E-state index contributed by atoms with van der Waals surface area (Å²) in [6.07, 6.45) is 1.13. The molecule has 3 atom stereocenters. The van der Waals surface area contributed by atoms with Gasteiger partial charge in [0, 0.05) is 18.4 Å². The topological polar surface area (TPSA) is 118 Å². The third-order valence-corrected chi connectivity index (χ3v) is 4.22. The van der Waals surface area contributed by atoms with Crippen molar-refractivity contribution < 1.29 is 32.4 Å². The van der Waals surface area contributed by atoms with Crippen molar-refractivity contribution in [1.29, 1.82) is 0 Å². The molecule has 0 saturated heterocycles. The van der Waals surface area contributed by atoms with Crippen LogP contribution in [0.5, 0.6) is 0 Å². The first-order chi connectivity index (χ1) is 9.59. The van der Waals surface area contributed by atoms with Gasteiger partial charge in [0.1, 0.15) is 6.10 Å². The van der Waals surface area contributed by atoms with Crippen LogP contribution in [0.2, 0.25) is 0 Å². The smallest absolute Gasteiger partial charge is 0.330 e. The first-order valence-corrected chi connectivity index (χ1v) is 7.94. The highest BCUT2D eigenvalue weighted by Crippen LogP contribution is 2.24. The van der Waals surface area contributed by atoms with Crippen molar-refractivity contribution in [3.05, 3.63) is 19.6 Å². The van der Waals surface area contributed by atoms with Crippen LogP contribution in [0.1, 0.15) is 32.6 Å². The molecule has 2 N–H and O–H groups in total. The lowest BCUT2D eigenvalue weighted by atomic mass is 9.93. The highest BCUT2D eigenvalue weighted by atomic mass is 32.2. The molecule has 7 nitrogen and oxygen atoms in total. The molecular formula is C13H21O7S. The van der Waals surface area contributed by atoms with Crippen LogP contribution < -0.4 is 0 Å². The number of carboxylic acid groups (broad SMARTS) is 1. The summed E-state index contributed by atoms with van der Waals surface area (Å²) < 4.78 is 36.5. The van der Waals surface area contributed by atoms with Crippen molar-refractivity contribution in [2.45, 2.75) is 44.0 Å². The Morgan fingerprint density at radius 1 is 1.33 bits per heavy atom. The Kier molecular flexibility index (Phi) is 8.19. The summed E-state index contributed by atoms with van der Waals surface area (Å²) >= 11 is 0. The van der Waals surface area contributed by atoms with E-state index in [2.05, 4.69) is 13.5 Å². The molecule has 0 bridgehead atoms. The number of rotatable bonds is 10. The van der Waals surface area contributed by atoms with Crippen LogP contribution in [0.15, 0.2) is 12.7 Å². The predicted octanol–water partition coefficient (Wildman–Crippen LogP) is 1.46. The average molecular weight is 321 g/mol. The Bertz CT molecular complexity index is 469. The molecule has 21 heavy (non-hydrogen) atoms.